The van der Waals surface area contributed by atoms with Crippen molar-refractivity contribution in [2.75, 3.05) is 31.5 Å². The predicted molar refractivity (Wildman–Crippen MR) is 96.6 cm³/mol. The molecule has 2 saturated heterocycles. The van der Waals surface area contributed by atoms with Gasteiger partial charge in [0.1, 0.15) is 0 Å². The van der Waals surface area contributed by atoms with Crippen LogP contribution in [0.5, 0.6) is 0 Å². The maximum atomic E-state index is 12.7. The number of benzene rings is 1. The lowest BCUT2D eigenvalue weighted by Gasteiger charge is -2.38. The van der Waals surface area contributed by atoms with Gasteiger partial charge in [0.05, 0.1) is 22.9 Å². The van der Waals surface area contributed by atoms with Crippen LogP contribution in [0.3, 0.4) is 0 Å². The summed E-state index contributed by atoms with van der Waals surface area (Å²) in [5.41, 5.74) is 0.670. The minimum absolute atomic E-state index is 0.0556. The molecule has 2 aliphatic rings. The van der Waals surface area contributed by atoms with E-state index in [1.165, 1.54) is 0 Å². The number of carbonyl (C=O) groups excluding carboxylic acids is 1. The second-order valence-electron chi connectivity index (χ2n) is 6.88. The van der Waals surface area contributed by atoms with Gasteiger partial charge in [-0.05, 0) is 38.8 Å². The summed E-state index contributed by atoms with van der Waals surface area (Å²) in [5.74, 6) is 0. The van der Waals surface area contributed by atoms with Crippen molar-refractivity contribution in [2.45, 2.75) is 44.9 Å². The third-order valence-corrected chi connectivity index (χ3v) is 5.05. The molecule has 0 saturated carbocycles. The van der Waals surface area contributed by atoms with E-state index in [0.717, 1.165) is 39.0 Å². The molecule has 24 heavy (non-hydrogen) atoms. The maximum absolute atomic E-state index is 12.7. The van der Waals surface area contributed by atoms with Gasteiger partial charge in [-0.2, -0.15) is 0 Å². The van der Waals surface area contributed by atoms with Gasteiger partial charge in [0.2, 0.25) is 0 Å². The topological polar surface area (TPSA) is 44.8 Å². The predicted octanol–water partition coefficient (Wildman–Crippen LogP) is 3.45. The van der Waals surface area contributed by atoms with Gasteiger partial charge < -0.3 is 15.0 Å². The highest BCUT2D eigenvalue weighted by molar-refractivity contribution is 6.33. The van der Waals surface area contributed by atoms with Gasteiger partial charge in [0.15, 0.2) is 0 Å². The van der Waals surface area contributed by atoms with E-state index in [2.05, 4.69) is 24.1 Å². The van der Waals surface area contributed by atoms with Crippen molar-refractivity contribution in [3.63, 3.8) is 0 Å². The summed E-state index contributed by atoms with van der Waals surface area (Å²) < 4.78 is 5.80. The molecule has 3 rings (SSSR count). The molecular formula is C18H26ClN3O2. The zero-order valence-corrected chi connectivity index (χ0v) is 15.1. The van der Waals surface area contributed by atoms with E-state index in [1.807, 2.05) is 23.1 Å². The van der Waals surface area contributed by atoms with Gasteiger partial charge in [-0.1, -0.05) is 23.7 Å². The van der Waals surface area contributed by atoms with Crippen molar-refractivity contribution in [3.05, 3.63) is 29.3 Å². The van der Waals surface area contributed by atoms with Crippen LogP contribution in [-0.4, -0.2) is 60.3 Å². The fraction of sp³-hybridized carbons (Fsp3) is 0.611. The maximum Gasteiger partial charge on any atom is 0.322 e. The Morgan fingerprint density at radius 3 is 2.71 bits per heavy atom. The molecule has 0 aliphatic carbocycles. The zero-order valence-electron chi connectivity index (χ0n) is 14.4. The standard InChI is InChI=1S/C18H26ClN3O2/c1-13-10-21(11-14(2)24-13)12-15-6-5-9-22(15)18(23)20-17-8-4-3-7-16(17)19/h3-4,7-8,13-15H,5-6,9-12H2,1-2H3,(H,20,23). The van der Waals surface area contributed by atoms with Crippen molar-refractivity contribution in [1.82, 2.24) is 9.80 Å². The number of para-hydroxylation sites is 1. The number of rotatable bonds is 3. The van der Waals surface area contributed by atoms with E-state index in [0.29, 0.717) is 10.7 Å². The lowest BCUT2D eigenvalue weighted by atomic mass is 10.1. The van der Waals surface area contributed by atoms with Crippen LogP contribution in [0, 0.1) is 0 Å². The smallest absolute Gasteiger partial charge is 0.322 e. The summed E-state index contributed by atoms with van der Waals surface area (Å²) in [6.45, 7) is 7.80. The Hall–Kier alpha value is -1.30. The molecule has 2 heterocycles. The molecule has 5 nitrogen and oxygen atoms in total. The first kappa shape index (κ1) is 17.5. The molecule has 0 spiro atoms. The number of amides is 2. The summed E-state index contributed by atoms with van der Waals surface area (Å²) in [6, 6.07) is 7.55. The Morgan fingerprint density at radius 2 is 2.00 bits per heavy atom. The number of morpholine rings is 1. The van der Waals surface area contributed by atoms with Crippen LogP contribution >= 0.6 is 11.6 Å². The molecular weight excluding hydrogens is 326 g/mol. The Balaban J connectivity index is 1.60. The summed E-state index contributed by atoms with van der Waals surface area (Å²) in [4.78, 5) is 17.0. The first-order valence-corrected chi connectivity index (χ1v) is 9.10. The molecule has 6 heteroatoms. The molecule has 2 aliphatic heterocycles. The van der Waals surface area contributed by atoms with Gasteiger partial charge in [0.25, 0.3) is 0 Å². The van der Waals surface area contributed by atoms with E-state index in [4.69, 9.17) is 16.3 Å². The SMILES string of the molecule is CC1CN(CC2CCCN2C(=O)Nc2ccccc2Cl)CC(C)O1. The molecule has 0 bridgehead atoms. The van der Waals surface area contributed by atoms with Crippen LogP contribution in [0.2, 0.25) is 5.02 Å². The Bertz CT molecular complexity index is 573. The molecule has 1 aromatic carbocycles. The monoisotopic (exact) mass is 351 g/mol. The minimum Gasteiger partial charge on any atom is -0.373 e. The fourth-order valence-electron chi connectivity index (χ4n) is 3.77. The van der Waals surface area contributed by atoms with Crippen LogP contribution in [0.4, 0.5) is 10.5 Å². The first-order valence-electron chi connectivity index (χ1n) is 8.73. The number of hydrogen-bond donors (Lipinski definition) is 1. The normalized spacial score (nSPS) is 28.1. The van der Waals surface area contributed by atoms with Crippen molar-refractivity contribution in [2.24, 2.45) is 0 Å². The number of anilines is 1. The first-order chi connectivity index (χ1) is 11.5. The van der Waals surface area contributed by atoms with Crippen LogP contribution in [0.15, 0.2) is 24.3 Å². The lowest BCUT2D eigenvalue weighted by Crippen LogP contribution is -2.51. The van der Waals surface area contributed by atoms with Crippen LogP contribution in [0.1, 0.15) is 26.7 Å². The molecule has 2 fully saturated rings. The number of urea groups is 1. The van der Waals surface area contributed by atoms with E-state index >= 15 is 0 Å². The summed E-state index contributed by atoms with van der Waals surface area (Å²) in [7, 11) is 0. The van der Waals surface area contributed by atoms with E-state index in [9.17, 15) is 4.79 Å². The average Bonchev–Trinajstić information content (AvgIpc) is 2.96. The molecule has 132 valence electrons. The molecule has 3 unspecified atom stereocenters. The fourth-order valence-corrected chi connectivity index (χ4v) is 3.96. The molecule has 1 N–H and O–H groups in total. The second-order valence-corrected chi connectivity index (χ2v) is 7.28. The van der Waals surface area contributed by atoms with Crippen LogP contribution in [0.25, 0.3) is 0 Å². The third kappa shape index (κ3) is 4.21. The molecule has 0 aromatic heterocycles. The number of carbonyl (C=O) groups is 1. The van der Waals surface area contributed by atoms with Gasteiger partial charge in [0, 0.05) is 32.2 Å². The molecule has 2 amide bonds. The average molecular weight is 352 g/mol. The van der Waals surface area contributed by atoms with Gasteiger partial charge in [-0.15, -0.1) is 0 Å². The highest BCUT2D eigenvalue weighted by Gasteiger charge is 2.32. The Morgan fingerprint density at radius 1 is 1.29 bits per heavy atom. The quantitative estimate of drug-likeness (QED) is 0.907. The number of halogens is 1. The number of ether oxygens (including phenoxy) is 1. The molecule has 0 radical (unpaired) electrons. The lowest BCUT2D eigenvalue weighted by molar-refractivity contribution is -0.0712. The van der Waals surface area contributed by atoms with E-state index in [1.54, 1.807) is 6.07 Å². The number of likely N-dealkylation sites (tertiary alicyclic amines) is 1. The Kier molecular flexibility index (Phi) is 5.64. The van der Waals surface area contributed by atoms with Crippen LogP contribution in [-0.2, 0) is 4.74 Å². The van der Waals surface area contributed by atoms with Gasteiger partial charge >= 0.3 is 6.03 Å². The van der Waals surface area contributed by atoms with E-state index in [-0.39, 0.29) is 24.3 Å². The summed E-state index contributed by atoms with van der Waals surface area (Å²) >= 11 is 6.14. The highest BCUT2D eigenvalue weighted by Crippen LogP contribution is 2.24. The number of nitrogens with one attached hydrogen (secondary N) is 1. The molecule has 3 atom stereocenters. The summed E-state index contributed by atoms with van der Waals surface area (Å²) in [6.07, 6.45) is 2.60. The van der Waals surface area contributed by atoms with Gasteiger partial charge in [-0.25, -0.2) is 4.79 Å². The number of hydrogen-bond acceptors (Lipinski definition) is 3. The van der Waals surface area contributed by atoms with Crippen molar-refractivity contribution >= 4 is 23.3 Å². The van der Waals surface area contributed by atoms with Crippen molar-refractivity contribution in [3.8, 4) is 0 Å². The highest BCUT2D eigenvalue weighted by atomic mass is 35.5. The minimum atomic E-state index is -0.0556. The zero-order chi connectivity index (χ0) is 17.1. The Labute approximate surface area is 148 Å². The van der Waals surface area contributed by atoms with Crippen LogP contribution < -0.4 is 5.32 Å². The number of nitrogens with zero attached hydrogens (tertiary/aromatic N) is 2. The summed E-state index contributed by atoms with van der Waals surface area (Å²) in [5, 5.41) is 3.52. The van der Waals surface area contributed by atoms with Crippen molar-refractivity contribution in [1.29, 1.82) is 0 Å². The molecule has 1 aromatic rings. The largest absolute Gasteiger partial charge is 0.373 e. The second kappa shape index (κ2) is 7.72. The van der Waals surface area contributed by atoms with E-state index < -0.39 is 0 Å². The van der Waals surface area contributed by atoms with Crippen molar-refractivity contribution < 1.29 is 9.53 Å². The van der Waals surface area contributed by atoms with Gasteiger partial charge in [-0.3, -0.25) is 4.90 Å². The third-order valence-electron chi connectivity index (χ3n) is 4.72.